The van der Waals surface area contributed by atoms with Crippen molar-refractivity contribution in [1.29, 1.82) is 0 Å². The Morgan fingerprint density at radius 2 is 0.841 bits per heavy atom. The molecule has 2 unspecified atom stereocenters. The van der Waals surface area contributed by atoms with Crippen LogP contribution in [0.2, 0.25) is 0 Å². The SMILES string of the molecule is CC(=O)OCC1O[C@@H](O[C@@H]2[C@H](OC(C)=O)[C@@H](Br)OC(COC(C)=O)[C@@H]2OC(C)=O)[C@H](OC(C)=O)[C@@H](OC(C)=O)[C@@H]1OC(C)=O. The first-order chi connectivity index (χ1) is 20.5. The highest BCUT2D eigenvalue weighted by Gasteiger charge is 2.57. The van der Waals surface area contributed by atoms with Gasteiger partial charge in [0.15, 0.2) is 41.8 Å². The number of esters is 7. The van der Waals surface area contributed by atoms with Crippen LogP contribution in [0.1, 0.15) is 48.5 Å². The number of hydrogen-bond acceptors (Lipinski definition) is 17. The molecule has 248 valence electrons. The topological polar surface area (TPSA) is 212 Å². The predicted molar refractivity (Wildman–Crippen MR) is 142 cm³/mol. The standard InChI is InChI=1S/C26H35BrO17/c1-10(28)35-8-17-19(37-12(3)30)21(23(25(27)42-17)40-15(6)33)44-26-24(41-16(7)34)22(39-14(5)32)20(38-13(4)31)18(43-26)9-36-11(2)29/h17-26H,8-9H2,1-7H3/t17?,18?,19-,20+,21-,22-,23-,24+,25-,26-/m0/s1. The Kier molecular flexibility index (Phi) is 13.9. The van der Waals surface area contributed by atoms with E-state index in [0.29, 0.717) is 0 Å². The van der Waals surface area contributed by atoms with Crippen molar-refractivity contribution >= 4 is 57.7 Å². The summed E-state index contributed by atoms with van der Waals surface area (Å²) >= 11 is 3.25. The van der Waals surface area contributed by atoms with E-state index in [-0.39, 0.29) is 0 Å². The van der Waals surface area contributed by atoms with Crippen molar-refractivity contribution in [1.82, 2.24) is 0 Å². The van der Waals surface area contributed by atoms with Crippen LogP contribution < -0.4 is 0 Å². The Morgan fingerprint density at radius 3 is 1.27 bits per heavy atom. The van der Waals surface area contributed by atoms with Gasteiger partial charge in [-0.3, -0.25) is 33.6 Å². The normalized spacial score (nSPS) is 31.5. The third kappa shape index (κ3) is 11.0. The molecule has 0 aromatic rings. The van der Waals surface area contributed by atoms with E-state index in [0.717, 1.165) is 48.5 Å². The van der Waals surface area contributed by atoms with Gasteiger partial charge in [0.05, 0.1) is 0 Å². The highest BCUT2D eigenvalue weighted by molar-refractivity contribution is 9.09. The maximum Gasteiger partial charge on any atom is 0.303 e. The quantitative estimate of drug-likeness (QED) is 0.158. The zero-order valence-electron chi connectivity index (χ0n) is 25.0. The van der Waals surface area contributed by atoms with E-state index in [1.165, 1.54) is 0 Å². The lowest BCUT2D eigenvalue weighted by molar-refractivity contribution is -0.340. The van der Waals surface area contributed by atoms with Crippen molar-refractivity contribution in [3.05, 3.63) is 0 Å². The second-order valence-electron chi connectivity index (χ2n) is 9.64. The summed E-state index contributed by atoms with van der Waals surface area (Å²) in [6.45, 7) is 6.60. The van der Waals surface area contributed by atoms with Gasteiger partial charge < -0.3 is 47.4 Å². The van der Waals surface area contributed by atoms with E-state index in [2.05, 4.69) is 15.9 Å². The number of carbonyl (C=O) groups is 7. The number of alkyl halides is 1. The number of halogens is 1. The third-order valence-corrected chi connectivity index (χ3v) is 6.61. The van der Waals surface area contributed by atoms with E-state index < -0.39 is 115 Å². The average Bonchev–Trinajstić information content (AvgIpc) is 2.87. The molecule has 0 amide bonds. The summed E-state index contributed by atoms with van der Waals surface area (Å²) in [6.07, 6.45) is -13.2. The Bertz CT molecular complexity index is 1090. The first-order valence-electron chi connectivity index (χ1n) is 13.2. The van der Waals surface area contributed by atoms with Gasteiger partial charge in [-0.1, -0.05) is 15.9 Å². The summed E-state index contributed by atoms with van der Waals surface area (Å²) in [6, 6.07) is 0. The van der Waals surface area contributed by atoms with Crippen LogP contribution in [0.25, 0.3) is 0 Å². The fourth-order valence-electron chi connectivity index (χ4n) is 4.46. The fraction of sp³-hybridized carbons (Fsp3) is 0.731. The van der Waals surface area contributed by atoms with E-state index in [1.807, 2.05) is 0 Å². The lowest BCUT2D eigenvalue weighted by Crippen LogP contribution is -2.66. The molecule has 0 aromatic heterocycles. The van der Waals surface area contributed by atoms with Crippen LogP contribution in [0.3, 0.4) is 0 Å². The van der Waals surface area contributed by atoms with Gasteiger partial charge >= 0.3 is 41.8 Å². The predicted octanol–water partition coefficient (Wildman–Crippen LogP) is 0.00100. The van der Waals surface area contributed by atoms with E-state index in [4.69, 9.17) is 47.4 Å². The Balaban J connectivity index is 2.66. The van der Waals surface area contributed by atoms with Crippen molar-refractivity contribution in [2.24, 2.45) is 0 Å². The molecule has 0 bridgehead atoms. The molecule has 17 nitrogen and oxygen atoms in total. The maximum absolute atomic E-state index is 12.2. The highest BCUT2D eigenvalue weighted by atomic mass is 79.9. The van der Waals surface area contributed by atoms with Gasteiger partial charge in [0, 0.05) is 48.5 Å². The molecule has 2 rings (SSSR count). The molecule has 2 aliphatic rings. The van der Waals surface area contributed by atoms with Gasteiger partial charge in [0.1, 0.15) is 31.5 Å². The van der Waals surface area contributed by atoms with Crippen LogP contribution in [-0.2, 0) is 80.9 Å². The summed E-state index contributed by atoms with van der Waals surface area (Å²) in [5.74, 6) is -5.64. The fourth-order valence-corrected chi connectivity index (χ4v) is 5.14. The summed E-state index contributed by atoms with van der Waals surface area (Å²) in [5, 5.41) is -1.13. The molecule has 0 radical (unpaired) electrons. The van der Waals surface area contributed by atoms with Crippen molar-refractivity contribution < 1.29 is 80.9 Å². The largest absolute Gasteiger partial charge is 0.463 e. The van der Waals surface area contributed by atoms with Crippen LogP contribution in [0, 0.1) is 0 Å². The van der Waals surface area contributed by atoms with E-state index in [1.54, 1.807) is 0 Å². The average molecular weight is 699 g/mol. The van der Waals surface area contributed by atoms with Crippen molar-refractivity contribution in [2.75, 3.05) is 13.2 Å². The minimum absolute atomic E-state index is 0.430. The molecule has 2 heterocycles. The molecule has 0 saturated carbocycles. The minimum atomic E-state index is -1.73. The van der Waals surface area contributed by atoms with Crippen LogP contribution >= 0.6 is 15.9 Å². The lowest BCUT2D eigenvalue weighted by Gasteiger charge is -2.48. The minimum Gasteiger partial charge on any atom is -0.463 e. The second kappa shape index (κ2) is 16.6. The maximum atomic E-state index is 12.2. The molecule has 2 saturated heterocycles. The van der Waals surface area contributed by atoms with Gasteiger partial charge in [0.25, 0.3) is 0 Å². The van der Waals surface area contributed by atoms with E-state index in [9.17, 15) is 33.6 Å². The van der Waals surface area contributed by atoms with Crippen LogP contribution in [0.5, 0.6) is 0 Å². The number of rotatable bonds is 11. The second-order valence-corrected chi connectivity index (χ2v) is 10.5. The molecule has 0 aliphatic carbocycles. The number of ether oxygens (including phenoxy) is 10. The molecular weight excluding hydrogens is 664 g/mol. The van der Waals surface area contributed by atoms with Gasteiger partial charge in [-0.2, -0.15) is 0 Å². The van der Waals surface area contributed by atoms with Crippen molar-refractivity contribution in [2.45, 2.75) is 109 Å². The Hall–Kier alpha value is -3.35. The van der Waals surface area contributed by atoms with Gasteiger partial charge in [-0.15, -0.1) is 0 Å². The first-order valence-corrected chi connectivity index (χ1v) is 14.1. The summed E-state index contributed by atoms with van der Waals surface area (Å²) in [7, 11) is 0. The molecule has 0 aromatic carbocycles. The Morgan fingerprint density at radius 1 is 0.477 bits per heavy atom. The molecule has 44 heavy (non-hydrogen) atoms. The summed E-state index contributed by atoms with van der Waals surface area (Å²) in [5.41, 5.74) is 0. The van der Waals surface area contributed by atoms with Crippen LogP contribution in [0.4, 0.5) is 0 Å². The van der Waals surface area contributed by atoms with Crippen LogP contribution in [0.15, 0.2) is 0 Å². The van der Waals surface area contributed by atoms with Gasteiger partial charge in [-0.05, 0) is 0 Å². The molecule has 2 fully saturated rings. The smallest absolute Gasteiger partial charge is 0.303 e. The molecule has 0 spiro atoms. The Labute approximate surface area is 260 Å². The monoisotopic (exact) mass is 698 g/mol. The van der Waals surface area contributed by atoms with E-state index >= 15 is 0 Å². The van der Waals surface area contributed by atoms with Crippen LogP contribution in [-0.4, -0.2) is 115 Å². The third-order valence-electron chi connectivity index (χ3n) is 5.87. The highest BCUT2D eigenvalue weighted by Crippen LogP contribution is 2.36. The summed E-state index contributed by atoms with van der Waals surface area (Å²) < 4.78 is 55.1. The lowest BCUT2D eigenvalue weighted by atomic mass is 9.96. The molecule has 18 heteroatoms. The molecule has 10 atom stereocenters. The zero-order chi connectivity index (χ0) is 33.3. The molecule has 0 N–H and O–H groups in total. The molecular formula is C26H35BrO17. The molecule has 2 aliphatic heterocycles. The van der Waals surface area contributed by atoms with Gasteiger partial charge in [-0.25, -0.2) is 0 Å². The first kappa shape index (κ1) is 36.8. The van der Waals surface area contributed by atoms with Crippen molar-refractivity contribution in [3.63, 3.8) is 0 Å². The zero-order valence-corrected chi connectivity index (χ0v) is 26.6. The van der Waals surface area contributed by atoms with Crippen molar-refractivity contribution in [3.8, 4) is 0 Å². The van der Waals surface area contributed by atoms with Gasteiger partial charge in [0.2, 0.25) is 0 Å². The number of carbonyl (C=O) groups excluding carboxylic acids is 7. The summed E-state index contributed by atoms with van der Waals surface area (Å²) in [4.78, 5) is 83.8. The number of hydrogen-bond donors (Lipinski definition) is 0.